The number of thioether (sulfide) groups is 1. The Bertz CT molecular complexity index is 193. The Morgan fingerprint density at radius 3 is 2.21 bits per heavy atom. The molecule has 1 atom stereocenters. The van der Waals surface area contributed by atoms with E-state index in [0.717, 1.165) is 0 Å². The molecule has 5 heteroatoms. The summed E-state index contributed by atoms with van der Waals surface area (Å²) in [4.78, 5) is 22.3. The number of rotatable bonds is 6. The molecule has 0 aliphatic rings. The Labute approximate surface area is 88.3 Å². The van der Waals surface area contributed by atoms with E-state index in [9.17, 15) is 9.59 Å². The first-order chi connectivity index (χ1) is 6.65. The van der Waals surface area contributed by atoms with E-state index in [2.05, 4.69) is 0 Å². The van der Waals surface area contributed by atoms with Crippen molar-refractivity contribution < 1.29 is 19.1 Å². The topological polar surface area (TPSA) is 52.6 Å². The molecular formula is C9H16O4S. The molecule has 0 aliphatic carbocycles. The van der Waals surface area contributed by atoms with E-state index in [1.54, 1.807) is 20.1 Å². The Kier molecular flexibility index (Phi) is 7.28. The summed E-state index contributed by atoms with van der Waals surface area (Å²) < 4.78 is 9.55. The molecule has 82 valence electrons. The first-order valence-electron chi connectivity index (χ1n) is 4.50. The SMILES string of the molecule is CCOC(=O)CC(SC)C(=O)OCC. The van der Waals surface area contributed by atoms with Gasteiger partial charge in [-0.25, -0.2) is 0 Å². The number of carbonyl (C=O) groups excluding carboxylic acids is 2. The van der Waals surface area contributed by atoms with Gasteiger partial charge in [-0.2, -0.15) is 0 Å². The molecule has 0 fully saturated rings. The molecule has 1 unspecified atom stereocenters. The molecule has 0 aliphatic heterocycles. The quantitative estimate of drug-likeness (QED) is 0.630. The van der Waals surface area contributed by atoms with E-state index in [1.165, 1.54) is 11.8 Å². The fraction of sp³-hybridized carbons (Fsp3) is 0.778. The average Bonchev–Trinajstić information content (AvgIpc) is 2.15. The van der Waals surface area contributed by atoms with Crippen LogP contribution in [-0.4, -0.2) is 36.7 Å². The summed E-state index contributed by atoms with van der Waals surface area (Å²) in [5.74, 6) is -0.715. The first-order valence-corrected chi connectivity index (χ1v) is 5.79. The van der Waals surface area contributed by atoms with Gasteiger partial charge in [0.05, 0.1) is 19.6 Å². The van der Waals surface area contributed by atoms with E-state index in [1.807, 2.05) is 0 Å². The molecule has 0 saturated carbocycles. The number of hydrogen-bond donors (Lipinski definition) is 0. The maximum Gasteiger partial charge on any atom is 0.319 e. The Hall–Kier alpha value is -0.710. The average molecular weight is 220 g/mol. The zero-order chi connectivity index (χ0) is 11.0. The maximum atomic E-state index is 11.3. The van der Waals surface area contributed by atoms with Gasteiger partial charge in [-0.15, -0.1) is 11.8 Å². The summed E-state index contributed by atoms with van der Waals surface area (Å²) in [6.45, 7) is 4.14. The minimum Gasteiger partial charge on any atom is -0.466 e. The summed E-state index contributed by atoms with van der Waals surface area (Å²) >= 11 is 1.30. The normalized spacial score (nSPS) is 11.9. The van der Waals surface area contributed by atoms with Gasteiger partial charge in [-0.1, -0.05) is 0 Å². The second-order valence-corrected chi connectivity index (χ2v) is 3.53. The second-order valence-electron chi connectivity index (χ2n) is 2.49. The molecule has 0 rings (SSSR count). The molecule has 0 saturated heterocycles. The zero-order valence-corrected chi connectivity index (χ0v) is 9.56. The van der Waals surface area contributed by atoms with E-state index >= 15 is 0 Å². The molecule has 0 radical (unpaired) electrons. The summed E-state index contributed by atoms with van der Waals surface area (Å²) in [6, 6.07) is 0. The Morgan fingerprint density at radius 1 is 1.21 bits per heavy atom. The molecular weight excluding hydrogens is 204 g/mol. The van der Waals surface area contributed by atoms with Crippen LogP contribution in [0.3, 0.4) is 0 Å². The third kappa shape index (κ3) is 5.11. The van der Waals surface area contributed by atoms with Crippen LogP contribution in [0.1, 0.15) is 20.3 Å². The number of ether oxygens (including phenoxy) is 2. The van der Waals surface area contributed by atoms with Crippen molar-refractivity contribution in [3.63, 3.8) is 0 Å². The molecule has 0 aromatic carbocycles. The number of esters is 2. The van der Waals surface area contributed by atoms with Gasteiger partial charge < -0.3 is 9.47 Å². The van der Waals surface area contributed by atoms with Crippen LogP contribution in [0.25, 0.3) is 0 Å². The number of carbonyl (C=O) groups is 2. The van der Waals surface area contributed by atoms with E-state index in [4.69, 9.17) is 9.47 Å². The van der Waals surface area contributed by atoms with Crippen LogP contribution >= 0.6 is 11.8 Å². The van der Waals surface area contributed by atoms with Gasteiger partial charge in [-0.3, -0.25) is 9.59 Å². The maximum absolute atomic E-state index is 11.3. The molecule has 0 spiro atoms. The fourth-order valence-corrected chi connectivity index (χ4v) is 1.43. The van der Waals surface area contributed by atoms with Gasteiger partial charge in [0.15, 0.2) is 0 Å². The lowest BCUT2D eigenvalue weighted by atomic mass is 10.3. The molecule has 0 bridgehead atoms. The fourth-order valence-electron chi connectivity index (χ4n) is 0.869. The molecule has 14 heavy (non-hydrogen) atoms. The van der Waals surface area contributed by atoms with Gasteiger partial charge in [0.25, 0.3) is 0 Å². The van der Waals surface area contributed by atoms with Gasteiger partial charge in [0.1, 0.15) is 5.25 Å². The summed E-state index contributed by atoms with van der Waals surface area (Å²) in [5, 5.41) is -0.450. The monoisotopic (exact) mass is 220 g/mol. The summed E-state index contributed by atoms with van der Waals surface area (Å²) in [6.07, 6.45) is 1.84. The van der Waals surface area contributed by atoms with E-state index in [0.29, 0.717) is 13.2 Å². The lowest BCUT2D eigenvalue weighted by molar-refractivity contribution is -0.149. The minimum absolute atomic E-state index is 0.0772. The predicted molar refractivity (Wildman–Crippen MR) is 55.2 cm³/mol. The molecule has 0 aromatic heterocycles. The van der Waals surface area contributed by atoms with Crippen molar-refractivity contribution in [1.82, 2.24) is 0 Å². The highest BCUT2D eigenvalue weighted by atomic mass is 32.2. The van der Waals surface area contributed by atoms with E-state index < -0.39 is 5.25 Å². The third-order valence-electron chi connectivity index (χ3n) is 1.49. The highest BCUT2D eigenvalue weighted by molar-refractivity contribution is 7.99. The first kappa shape index (κ1) is 13.3. The van der Waals surface area contributed by atoms with Crippen molar-refractivity contribution in [3.8, 4) is 0 Å². The smallest absolute Gasteiger partial charge is 0.319 e. The van der Waals surface area contributed by atoms with Crippen LogP contribution in [0.4, 0.5) is 0 Å². The van der Waals surface area contributed by atoms with Gasteiger partial charge in [0.2, 0.25) is 0 Å². The highest BCUT2D eigenvalue weighted by Crippen LogP contribution is 2.13. The van der Waals surface area contributed by atoms with Crippen LogP contribution < -0.4 is 0 Å². The standard InChI is InChI=1S/C9H16O4S/c1-4-12-8(10)6-7(14-3)9(11)13-5-2/h7H,4-6H2,1-3H3. The molecule has 4 nitrogen and oxygen atoms in total. The van der Waals surface area contributed by atoms with Crippen LogP contribution in [-0.2, 0) is 19.1 Å². The molecule has 0 amide bonds. The Balaban J connectivity index is 4.01. The number of hydrogen-bond acceptors (Lipinski definition) is 5. The van der Waals surface area contributed by atoms with Crippen LogP contribution in [0.5, 0.6) is 0 Å². The van der Waals surface area contributed by atoms with Crippen molar-refractivity contribution in [1.29, 1.82) is 0 Å². The van der Waals surface area contributed by atoms with Crippen molar-refractivity contribution in [3.05, 3.63) is 0 Å². The summed E-state index contributed by atoms with van der Waals surface area (Å²) in [7, 11) is 0. The van der Waals surface area contributed by atoms with Crippen molar-refractivity contribution in [2.45, 2.75) is 25.5 Å². The van der Waals surface area contributed by atoms with Crippen molar-refractivity contribution in [2.75, 3.05) is 19.5 Å². The molecule has 0 heterocycles. The lowest BCUT2D eigenvalue weighted by Crippen LogP contribution is -2.24. The lowest BCUT2D eigenvalue weighted by Gasteiger charge is -2.11. The Morgan fingerprint density at radius 2 is 1.79 bits per heavy atom. The van der Waals surface area contributed by atoms with Crippen molar-refractivity contribution >= 4 is 23.7 Å². The second kappa shape index (κ2) is 7.67. The van der Waals surface area contributed by atoms with E-state index in [-0.39, 0.29) is 18.4 Å². The minimum atomic E-state index is -0.450. The highest BCUT2D eigenvalue weighted by Gasteiger charge is 2.22. The molecule has 0 aromatic rings. The predicted octanol–water partition coefficient (Wildman–Crippen LogP) is 1.23. The van der Waals surface area contributed by atoms with Crippen LogP contribution in [0.15, 0.2) is 0 Å². The van der Waals surface area contributed by atoms with Crippen molar-refractivity contribution in [2.24, 2.45) is 0 Å². The van der Waals surface area contributed by atoms with Crippen LogP contribution in [0.2, 0.25) is 0 Å². The zero-order valence-electron chi connectivity index (χ0n) is 8.74. The third-order valence-corrected chi connectivity index (χ3v) is 2.42. The van der Waals surface area contributed by atoms with Gasteiger partial charge in [0, 0.05) is 0 Å². The van der Waals surface area contributed by atoms with Gasteiger partial charge in [-0.05, 0) is 20.1 Å². The summed E-state index contributed by atoms with van der Waals surface area (Å²) in [5.41, 5.74) is 0. The van der Waals surface area contributed by atoms with Crippen LogP contribution in [0, 0.1) is 0 Å². The largest absolute Gasteiger partial charge is 0.466 e. The van der Waals surface area contributed by atoms with Gasteiger partial charge >= 0.3 is 11.9 Å². The molecule has 0 N–H and O–H groups in total.